The van der Waals surface area contributed by atoms with Gasteiger partial charge in [0.15, 0.2) is 0 Å². The van der Waals surface area contributed by atoms with Gasteiger partial charge in [0, 0.05) is 40.2 Å². The molecule has 0 fully saturated rings. The number of nitrogens with one attached hydrogen (secondary N) is 2. The Hall–Kier alpha value is -2.08. The molecule has 5 nitrogen and oxygen atoms in total. The molecule has 0 saturated carbocycles. The molecule has 2 N–H and O–H groups in total. The number of carbonyl (C=O) groups excluding carboxylic acids is 2. The Bertz CT molecular complexity index is 901. The summed E-state index contributed by atoms with van der Waals surface area (Å²) >= 11 is 1.28. The first-order valence-corrected chi connectivity index (χ1v) is 11.3. The molecule has 0 radical (unpaired) electrons. The molecular formula is C24H35N3O2S. The number of rotatable bonds is 8. The van der Waals surface area contributed by atoms with Gasteiger partial charge in [0.05, 0.1) is 0 Å². The van der Waals surface area contributed by atoms with Crippen molar-refractivity contribution in [1.82, 2.24) is 15.0 Å². The van der Waals surface area contributed by atoms with Crippen molar-refractivity contribution in [3.63, 3.8) is 0 Å². The Morgan fingerprint density at radius 2 is 1.77 bits per heavy atom. The summed E-state index contributed by atoms with van der Waals surface area (Å²) in [6, 6.07) is 5.56. The molecule has 2 aromatic rings. The van der Waals surface area contributed by atoms with Gasteiger partial charge in [-0.2, -0.15) is 0 Å². The number of carbonyl (C=O) groups is 2. The predicted molar refractivity (Wildman–Crippen MR) is 125 cm³/mol. The van der Waals surface area contributed by atoms with Crippen LogP contribution in [0.15, 0.2) is 35.5 Å². The Morgan fingerprint density at radius 3 is 2.40 bits per heavy atom. The van der Waals surface area contributed by atoms with E-state index in [0.29, 0.717) is 17.9 Å². The highest BCUT2D eigenvalue weighted by Crippen LogP contribution is 2.30. The maximum absolute atomic E-state index is 13.1. The lowest BCUT2D eigenvalue weighted by molar-refractivity contribution is -0.119. The molecule has 30 heavy (non-hydrogen) atoms. The number of amides is 2. The number of hydrogen-bond acceptors (Lipinski definition) is 4. The van der Waals surface area contributed by atoms with E-state index in [9.17, 15) is 9.59 Å². The Labute approximate surface area is 184 Å². The number of benzene rings is 1. The molecule has 0 unspecified atom stereocenters. The molecule has 0 aliphatic carbocycles. The molecule has 164 valence electrons. The van der Waals surface area contributed by atoms with Crippen LogP contribution in [0.1, 0.15) is 78.1 Å². The fraction of sp³-hybridized carbons (Fsp3) is 0.542. The summed E-state index contributed by atoms with van der Waals surface area (Å²) in [5.41, 5.74) is 0.397. The molecule has 0 bridgehead atoms. The lowest BCUT2D eigenvalue weighted by Gasteiger charge is -2.33. The average molecular weight is 430 g/mol. The van der Waals surface area contributed by atoms with E-state index in [2.05, 4.69) is 63.5 Å². The van der Waals surface area contributed by atoms with Crippen LogP contribution in [0.2, 0.25) is 0 Å². The zero-order valence-corrected chi connectivity index (χ0v) is 20.1. The van der Waals surface area contributed by atoms with Crippen molar-refractivity contribution in [2.24, 2.45) is 11.3 Å². The highest BCUT2D eigenvalue weighted by Gasteiger charge is 2.28. The molecular weight excluding hydrogens is 394 g/mol. The maximum atomic E-state index is 13.1. The smallest absolute Gasteiger partial charge is 0.252 e. The summed E-state index contributed by atoms with van der Waals surface area (Å²) < 4.78 is 2.91. The number of aromatic nitrogens is 1. The number of hydrogen-bond donors (Lipinski definition) is 2. The molecule has 1 aromatic heterocycles. The second-order valence-electron chi connectivity index (χ2n) is 10.2. The first kappa shape index (κ1) is 24.2. The van der Waals surface area contributed by atoms with Crippen molar-refractivity contribution in [2.75, 3.05) is 0 Å². The van der Waals surface area contributed by atoms with E-state index in [1.54, 1.807) is 12.4 Å². The van der Waals surface area contributed by atoms with Crippen molar-refractivity contribution in [2.45, 2.75) is 78.2 Å². The molecule has 2 rings (SSSR count). The van der Waals surface area contributed by atoms with Gasteiger partial charge in [-0.3, -0.25) is 19.3 Å². The Morgan fingerprint density at radius 1 is 1.07 bits per heavy atom. The zero-order valence-electron chi connectivity index (χ0n) is 19.3. The van der Waals surface area contributed by atoms with Crippen molar-refractivity contribution in [3.8, 4) is 0 Å². The standard InChI is InChI=1S/C24H35N3O2S/c1-16(2)8-11-21(28)27-30-20-10-9-18(17-12-13-25-14-19(17)20)22(29)26-24(6,7)15-23(3,4)5/h9-10,12-14,16H,8,11,15H2,1-7H3,(H,26,29)(H,27,28). The fourth-order valence-corrected chi connectivity index (χ4v) is 4.51. The zero-order chi connectivity index (χ0) is 22.5. The van der Waals surface area contributed by atoms with Crippen LogP contribution in [-0.2, 0) is 4.79 Å². The van der Waals surface area contributed by atoms with Crippen LogP contribution in [0.4, 0.5) is 0 Å². The second kappa shape index (κ2) is 9.82. The molecule has 0 aliphatic rings. The van der Waals surface area contributed by atoms with E-state index in [4.69, 9.17) is 0 Å². The molecule has 0 aliphatic heterocycles. The van der Waals surface area contributed by atoms with E-state index < -0.39 is 0 Å². The van der Waals surface area contributed by atoms with Gasteiger partial charge < -0.3 is 5.32 Å². The fourth-order valence-electron chi connectivity index (χ4n) is 3.78. The van der Waals surface area contributed by atoms with E-state index in [0.717, 1.165) is 28.5 Å². The predicted octanol–water partition coefficient (Wildman–Crippen LogP) is 5.74. The van der Waals surface area contributed by atoms with E-state index >= 15 is 0 Å². The first-order chi connectivity index (χ1) is 13.9. The third-order valence-corrected chi connectivity index (χ3v) is 5.58. The van der Waals surface area contributed by atoms with Gasteiger partial charge in [0.1, 0.15) is 0 Å². The Balaban J connectivity index is 2.21. The van der Waals surface area contributed by atoms with Gasteiger partial charge >= 0.3 is 0 Å². The largest absolute Gasteiger partial charge is 0.347 e. The minimum Gasteiger partial charge on any atom is -0.347 e. The summed E-state index contributed by atoms with van der Waals surface area (Å²) in [6.07, 6.45) is 5.66. The molecule has 1 heterocycles. The third kappa shape index (κ3) is 7.31. The number of pyridine rings is 1. The minimum atomic E-state index is -0.327. The van der Waals surface area contributed by atoms with Gasteiger partial charge in [0.2, 0.25) is 5.91 Å². The average Bonchev–Trinajstić information content (AvgIpc) is 2.61. The molecule has 6 heteroatoms. The normalized spacial score (nSPS) is 12.3. The lowest BCUT2D eigenvalue weighted by atomic mass is 9.81. The van der Waals surface area contributed by atoms with E-state index in [1.807, 2.05) is 18.2 Å². The van der Waals surface area contributed by atoms with Crippen molar-refractivity contribution >= 4 is 34.5 Å². The highest BCUT2D eigenvalue weighted by atomic mass is 32.2. The summed E-state index contributed by atoms with van der Waals surface area (Å²) in [7, 11) is 0. The van der Waals surface area contributed by atoms with Gasteiger partial charge in [0.25, 0.3) is 5.91 Å². The lowest BCUT2D eigenvalue weighted by Crippen LogP contribution is -2.45. The monoisotopic (exact) mass is 429 g/mol. The van der Waals surface area contributed by atoms with Crippen LogP contribution in [0, 0.1) is 11.3 Å². The SMILES string of the molecule is CC(C)CCC(=O)NSc1ccc(C(=O)NC(C)(C)CC(C)(C)C)c2ccncc12. The minimum absolute atomic E-state index is 0.0106. The summed E-state index contributed by atoms with van der Waals surface area (Å²) in [4.78, 5) is 30.3. The molecule has 0 saturated heterocycles. The quantitative estimate of drug-likeness (QED) is 0.525. The maximum Gasteiger partial charge on any atom is 0.252 e. The van der Waals surface area contributed by atoms with Gasteiger partial charge in [-0.15, -0.1) is 0 Å². The summed E-state index contributed by atoms with van der Waals surface area (Å²) in [6.45, 7) is 14.8. The van der Waals surface area contributed by atoms with Crippen LogP contribution in [0.25, 0.3) is 10.8 Å². The number of nitrogens with zero attached hydrogens (tertiary/aromatic N) is 1. The summed E-state index contributed by atoms with van der Waals surface area (Å²) in [5.74, 6) is 0.403. The van der Waals surface area contributed by atoms with Gasteiger partial charge in [-0.1, -0.05) is 34.6 Å². The van der Waals surface area contributed by atoms with Gasteiger partial charge in [-0.25, -0.2) is 0 Å². The molecule has 0 atom stereocenters. The van der Waals surface area contributed by atoms with Crippen LogP contribution in [0.3, 0.4) is 0 Å². The van der Waals surface area contributed by atoms with E-state index in [1.165, 1.54) is 11.9 Å². The van der Waals surface area contributed by atoms with Gasteiger partial charge in [-0.05, 0) is 73.6 Å². The van der Waals surface area contributed by atoms with E-state index in [-0.39, 0.29) is 22.8 Å². The summed E-state index contributed by atoms with van der Waals surface area (Å²) in [5, 5.41) is 4.87. The molecule has 1 aromatic carbocycles. The molecule has 0 spiro atoms. The highest BCUT2D eigenvalue weighted by molar-refractivity contribution is 7.98. The molecule has 2 amide bonds. The Kier molecular flexibility index (Phi) is 7.92. The van der Waals surface area contributed by atoms with Crippen LogP contribution < -0.4 is 10.0 Å². The van der Waals surface area contributed by atoms with Crippen LogP contribution in [-0.4, -0.2) is 22.3 Å². The van der Waals surface area contributed by atoms with Crippen LogP contribution in [0.5, 0.6) is 0 Å². The number of fused-ring (bicyclic) bond motifs is 1. The van der Waals surface area contributed by atoms with Crippen molar-refractivity contribution in [1.29, 1.82) is 0 Å². The third-order valence-electron chi connectivity index (χ3n) is 4.67. The van der Waals surface area contributed by atoms with Crippen molar-refractivity contribution < 1.29 is 9.59 Å². The topological polar surface area (TPSA) is 71.1 Å². The van der Waals surface area contributed by atoms with Crippen molar-refractivity contribution in [3.05, 3.63) is 36.2 Å². The van der Waals surface area contributed by atoms with Crippen LogP contribution >= 0.6 is 11.9 Å². The first-order valence-electron chi connectivity index (χ1n) is 10.5. The second-order valence-corrected chi connectivity index (χ2v) is 11.0.